The van der Waals surface area contributed by atoms with Crippen LogP contribution in [0.3, 0.4) is 0 Å². The molecule has 0 aromatic rings. The van der Waals surface area contributed by atoms with E-state index in [-0.39, 0.29) is 102 Å². The molecule has 17 aliphatic carbocycles. The van der Waals surface area contributed by atoms with Gasteiger partial charge in [0.2, 0.25) is 11.6 Å². The van der Waals surface area contributed by atoms with Crippen molar-refractivity contribution in [1.29, 1.82) is 0 Å². The summed E-state index contributed by atoms with van der Waals surface area (Å²) < 4.78 is 115. The van der Waals surface area contributed by atoms with Crippen LogP contribution >= 0.6 is 0 Å². The molecule has 3 aliphatic heterocycles. The zero-order chi connectivity index (χ0) is 93.9. The van der Waals surface area contributed by atoms with Gasteiger partial charge in [0.1, 0.15) is 19.4 Å². The first-order valence-electron chi connectivity index (χ1n) is 46.4. The Balaban J connectivity index is 0.000000121. The number of hydrogen-bond acceptors (Lipinski definition) is 26. The largest absolute Gasteiger partial charge is 0.458 e. The van der Waals surface area contributed by atoms with E-state index in [1.165, 1.54) is 63.3 Å². The number of ketones is 8. The summed E-state index contributed by atoms with van der Waals surface area (Å²) in [7, 11) is 0. The second-order valence-corrected chi connectivity index (χ2v) is 44.1. The number of carbonyl (C=O) groups is 10. The normalized spacial score (nSPS) is 50.1. The first-order valence-corrected chi connectivity index (χ1v) is 46.4. The number of hydrogen-bond donors (Lipinski definition) is 8. The van der Waals surface area contributed by atoms with E-state index in [1.807, 2.05) is 19.9 Å². The topological polar surface area (TPSA) is 406 Å². The number of Topliss-reactive ketones (excluding diaryl/α,β-unsaturated/α-hetero) is 4. The van der Waals surface area contributed by atoms with E-state index in [0.717, 1.165) is 37.3 Å². The average Bonchev–Trinajstić information content (AvgIpc) is 1.54. The maximum absolute atomic E-state index is 17.4. The van der Waals surface area contributed by atoms with Crippen LogP contribution in [0.1, 0.15) is 219 Å². The summed E-state index contributed by atoms with van der Waals surface area (Å²) in [4.78, 5) is 124. The zero-order valence-electron chi connectivity index (χ0n) is 76.0. The first kappa shape index (κ1) is 94.2. The maximum Gasteiger partial charge on any atom is 0.303 e. The first-order chi connectivity index (χ1) is 60.0. The Labute approximate surface area is 747 Å². The predicted octanol–water partition coefficient (Wildman–Crippen LogP) is 9.41. The summed E-state index contributed by atoms with van der Waals surface area (Å²) in [6, 6.07) is 0. The van der Waals surface area contributed by atoms with Crippen molar-refractivity contribution in [2.45, 2.75) is 331 Å². The third kappa shape index (κ3) is 12.4. The number of rotatable bonds is 10. The van der Waals surface area contributed by atoms with Crippen molar-refractivity contribution in [1.82, 2.24) is 0 Å². The summed E-state index contributed by atoms with van der Waals surface area (Å²) in [6.45, 7) is 21.3. The van der Waals surface area contributed by atoms with Gasteiger partial charge in [-0.2, -0.15) is 0 Å². The molecule has 706 valence electrons. The summed E-state index contributed by atoms with van der Waals surface area (Å²) in [5.41, 5.74) is -18.4. The molecule has 3 saturated heterocycles. The highest BCUT2D eigenvalue weighted by atomic mass is 19.2. The zero-order valence-corrected chi connectivity index (χ0v) is 76.0. The van der Waals surface area contributed by atoms with Gasteiger partial charge in [0, 0.05) is 93.7 Å². The van der Waals surface area contributed by atoms with E-state index in [1.54, 1.807) is 73.6 Å². The van der Waals surface area contributed by atoms with Gasteiger partial charge in [0.15, 0.2) is 105 Å². The number of fused-ring (bicyclic) bond motifs is 26. The van der Waals surface area contributed by atoms with Crippen LogP contribution in [0.25, 0.3) is 0 Å². The van der Waals surface area contributed by atoms with E-state index in [0.29, 0.717) is 68.9 Å². The lowest BCUT2D eigenvalue weighted by Gasteiger charge is -2.63. The van der Waals surface area contributed by atoms with E-state index in [9.17, 15) is 88.8 Å². The molecule has 3 heterocycles. The Hall–Kier alpha value is -6.62. The van der Waals surface area contributed by atoms with E-state index >= 15 is 17.6 Å². The lowest BCUT2D eigenvalue weighted by Crippen LogP contribution is -2.71. The average molecular weight is 1810 g/mol. The third-order valence-corrected chi connectivity index (χ3v) is 37.6. The molecule has 0 radical (unpaired) electrons. The number of carbonyl (C=O) groups excluding carboxylic acids is 10. The van der Waals surface area contributed by atoms with Crippen molar-refractivity contribution in [3.8, 4) is 0 Å². The number of aliphatic hydroxyl groups excluding tert-OH is 7. The molecule has 13 saturated carbocycles. The van der Waals surface area contributed by atoms with Crippen LogP contribution in [0.2, 0.25) is 0 Å². The Morgan fingerprint density at radius 1 is 0.434 bits per heavy atom. The molecule has 0 bridgehead atoms. The van der Waals surface area contributed by atoms with Gasteiger partial charge in [-0.25, -0.2) is 17.6 Å². The monoisotopic (exact) mass is 1810 g/mol. The Bertz CT molecular complexity index is 5060. The minimum absolute atomic E-state index is 0.0110. The van der Waals surface area contributed by atoms with Crippen LogP contribution in [-0.4, -0.2) is 237 Å². The smallest absolute Gasteiger partial charge is 0.303 e. The third-order valence-electron chi connectivity index (χ3n) is 37.6. The minimum Gasteiger partial charge on any atom is -0.458 e. The van der Waals surface area contributed by atoms with Gasteiger partial charge in [-0.3, -0.25) is 47.9 Å². The van der Waals surface area contributed by atoms with Crippen molar-refractivity contribution < 1.29 is 144 Å². The molecule has 16 fully saturated rings. The number of allylic oxidation sites excluding steroid dienone is 16. The lowest BCUT2D eigenvalue weighted by molar-refractivity contribution is -0.253. The second kappa shape index (κ2) is 30.4. The number of aliphatic hydroxyl groups is 8. The molecule has 20 aliphatic rings. The van der Waals surface area contributed by atoms with Gasteiger partial charge in [-0.05, 0) is 241 Å². The molecular weight excluding hydrogens is 1680 g/mol. The summed E-state index contributed by atoms with van der Waals surface area (Å²) in [5, 5.41) is 86.5. The van der Waals surface area contributed by atoms with Crippen molar-refractivity contribution >= 4 is 58.2 Å². The standard InChI is InChI=1S/C28H35FO7.C26H32F2O7.C24H32O6.C21H27FO6/c1-16(30)34-15-22(33)28-23(35-26(36-28)9-4-5-10-26)13-20-19-7-6-17-12-18(31)8-11-24(17,2)27(19,29)21(32)14-25(20,28)3;1-13(29)33-12-20(32)26-21(34-22(2,3)35-26)10-15-16-9-18(27)17-8-14(30)6-7-23(17,4)25(16,28)19(31)11-24(15,26)5;1-21(2)29-19-10-16-15-6-5-13-9-14(26)7-8-22(13,3)20(15)17(27)11-23(16,4)24(19,30-21)18(28)12-25;1-18-6-5-12(24)7-11(18)3-4-13-14-8-15(25)21(28,17(27)10-23)19(14,2)9-16(26)20(13,18)22/h8,11-12,19-21,23,32H,4-7,9-10,13-15H2,1-3H3;6-8,15-16,18-19,21,31H,9-12H2,1-5H3;7-9,15-17,19-20,25,27H,5-6,10-12H2,1-4H3;5-7,13-16,23,25-26,28H,3-4,8-10H2,1-2H3/t19-,20-,21-,23+,24-,25-,27-,28+;15-,16-,18-,19-,21+,23-,24-,25-,26+;15-,16-,17-,19+,20+,22-,23-,24+;13-,14-,15+,16-,18-,19-,20-,21-/m0000/s1. The molecule has 20 rings (SSSR count). The van der Waals surface area contributed by atoms with Gasteiger partial charge in [-0.1, -0.05) is 75.6 Å². The van der Waals surface area contributed by atoms with Crippen LogP contribution in [0.5, 0.6) is 0 Å². The van der Waals surface area contributed by atoms with Crippen LogP contribution in [0.4, 0.5) is 17.6 Å². The molecule has 0 unspecified atom stereocenters. The SMILES string of the molecule is CC(=O)OCC(=O)[C@@]12OC(C)(C)O[C@@H]1C[C@H]1[C@@H]3C[C@H](F)C4=CC(=O)C=C[C@]4(C)[C@@]3(F)[C@@H](O)C[C@@]12C.CC(=O)OCC(=O)[C@@]12OC3(CCCC3)O[C@@H]1C[C@H]1[C@@H]3CCC4=CC(=O)C=C[C@]4(C)[C@@]3(F)[C@@H](O)C[C@@]12C.CC1(C)O[C@@H]2C[C@H]3[C@@H]4CCC5=CC(=O)C=C[C@]5(C)[C@H]4[C@@H](O)C[C@]3(C)[C@]2(C(=O)CO)O1.C[C@]12C=CC(=O)C=C1CC[C@H]1[C@@H]3C[C@@H](O)[C@](O)(C(=O)CO)[C@@]3(C)C[C@H](O)[C@@]12F. The molecule has 0 amide bonds. The number of ether oxygens (including phenoxy) is 8. The highest BCUT2D eigenvalue weighted by Crippen LogP contribution is 2.78. The van der Waals surface area contributed by atoms with Crippen molar-refractivity contribution in [3.05, 3.63) is 95.2 Å². The number of alkyl halides is 4. The highest BCUT2D eigenvalue weighted by Gasteiger charge is 2.85. The van der Waals surface area contributed by atoms with Gasteiger partial charge in [-0.15, -0.1) is 0 Å². The lowest BCUT2D eigenvalue weighted by atomic mass is 9.44. The molecule has 0 aromatic heterocycles. The van der Waals surface area contributed by atoms with Crippen molar-refractivity contribution in [3.63, 3.8) is 0 Å². The van der Waals surface area contributed by atoms with E-state index in [2.05, 4.69) is 6.92 Å². The summed E-state index contributed by atoms with van der Waals surface area (Å²) in [6.07, 6.45) is 15.9. The van der Waals surface area contributed by atoms with Gasteiger partial charge >= 0.3 is 11.9 Å². The molecule has 129 heavy (non-hydrogen) atoms. The molecule has 33 atom stereocenters. The van der Waals surface area contributed by atoms with Crippen LogP contribution < -0.4 is 0 Å². The van der Waals surface area contributed by atoms with Gasteiger partial charge in [0.05, 0.1) is 48.8 Å². The summed E-state index contributed by atoms with van der Waals surface area (Å²) >= 11 is 0. The van der Waals surface area contributed by atoms with Crippen LogP contribution in [0.15, 0.2) is 95.2 Å². The van der Waals surface area contributed by atoms with Crippen molar-refractivity contribution in [2.24, 2.45) is 96.6 Å². The second-order valence-electron chi connectivity index (χ2n) is 44.1. The molecule has 30 heteroatoms. The fourth-order valence-corrected chi connectivity index (χ4v) is 32.0. The Kier molecular flexibility index (Phi) is 22.2. The molecule has 8 N–H and O–H groups in total. The summed E-state index contributed by atoms with van der Waals surface area (Å²) in [5.74, 6) is -10.4. The van der Waals surface area contributed by atoms with E-state index in [4.69, 9.17) is 37.9 Å². The molecule has 0 aromatic carbocycles. The fourth-order valence-electron chi connectivity index (χ4n) is 32.0. The quantitative estimate of drug-likeness (QED) is 0.0745. The van der Waals surface area contributed by atoms with E-state index < -0.39 is 235 Å². The molecule has 26 nitrogen and oxygen atoms in total. The highest BCUT2D eigenvalue weighted by molar-refractivity contribution is 6.03. The van der Waals surface area contributed by atoms with Gasteiger partial charge < -0.3 is 78.7 Å². The van der Waals surface area contributed by atoms with Crippen LogP contribution in [0, 0.1) is 96.6 Å². The maximum atomic E-state index is 17.4. The molecular formula is C99H126F4O26. The number of esters is 2. The van der Waals surface area contributed by atoms with Gasteiger partial charge in [0.25, 0.3) is 0 Å². The minimum atomic E-state index is -2.27. The van der Waals surface area contributed by atoms with Crippen LogP contribution in [-0.2, 0) is 85.8 Å². The number of halogens is 4. The molecule has 1 spiro atoms. The van der Waals surface area contributed by atoms with Crippen molar-refractivity contribution in [2.75, 3.05) is 26.4 Å². The Morgan fingerprint density at radius 2 is 0.829 bits per heavy atom. The fraction of sp³-hybridized carbons (Fsp3) is 0.737. The predicted molar refractivity (Wildman–Crippen MR) is 449 cm³/mol. The Morgan fingerprint density at radius 3 is 1.32 bits per heavy atom.